The largest absolute Gasteiger partial charge is 0.313 e. The first-order chi connectivity index (χ1) is 8.34. The van der Waals surface area contributed by atoms with Gasteiger partial charge >= 0.3 is 0 Å². The van der Waals surface area contributed by atoms with E-state index < -0.39 is 9.84 Å². The minimum atomic E-state index is -3.02. The second-order valence-electron chi connectivity index (χ2n) is 4.53. The van der Waals surface area contributed by atoms with Crippen LogP contribution in [-0.2, 0) is 16.3 Å². The lowest BCUT2D eigenvalue weighted by Crippen LogP contribution is -2.43. The third-order valence-electron chi connectivity index (χ3n) is 3.08. The lowest BCUT2D eigenvalue weighted by molar-refractivity contribution is 0.494. The molecular weight excluding hydrogens is 361 g/mol. The summed E-state index contributed by atoms with van der Waals surface area (Å²) in [5.74, 6) is 0. The van der Waals surface area contributed by atoms with Crippen LogP contribution in [-0.4, -0.2) is 32.5 Å². The van der Waals surface area contributed by atoms with Crippen molar-refractivity contribution in [2.75, 3.05) is 12.8 Å². The van der Waals surface area contributed by atoms with Gasteiger partial charge < -0.3 is 5.32 Å². The quantitative estimate of drug-likeness (QED) is 0.769. The van der Waals surface area contributed by atoms with Gasteiger partial charge in [0, 0.05) is 15.9 Å². The molecule has 1 rings (SSSR count). The predicted octanol–water partition coefficient (Wildman–Crippen LogP) is 2.24. The van der Waals surface area contributed by atoms with Gasteiger partial charge in [0.15, 0.2) is 9.84 Å². The lowest BCUT2D eigenvalue weighted by atomic mass is 10.0. The zero-order valence-electron chi connectivity index (χ0n) is 11.0. The van der Waals surface area contributed by atoms with E-state index in [4.69, 9.17) is 0 Å². The Kier molecular flexibility index (Phi) is 6.07. The Hall–Kier alpha value is -0.140. The molecule has 0 aliphatic carbocycles. The molecule has 0 heterocycles. The van der Waals surface area contributed by atoms with Gasteiger partial charge in [0.2, 0.25) is 0 Å². The molecular formula is C13H20INO2S. The minimum absolute atomic E-state index is 0.0370. The van der Waals surface area contributed by atoms with Crippen LogP contribution >= 0.6 is 22.6 Å². The molecule has 0 saturated carbocycles. The van der Waals surface area contributed by atoms with Crippen LogP contribution in [0.4, 0.5) is 0 Å². The van der Waals surface area contributed by atoms with Crippen LogP contribution in [0.1, 0.15) is 19.4 Å². The van der Waals surface area contributed by atoms with Crippen LogP contribution in [0, 0.1) is 3.57 Å². The summed E-state index contributed by atoms with van der Waals surface area (Å²) in [5, 5.41) is 2.89. The molecule has 18 heavy (non-hydrogen) atoms. The van der Waals surface area contributed by atoms with Crippen LogP contribution in [0.15, 0.2) is 24.3 Å². The van der Waals surface area contributed by atoms with E-state index in [1.807, 2.05) is 19.1 Å². The fraction of sp³-hybridized carbons (Fsp3) is 0.538. The summed E-state index contributed by atoms with van der Waals surface area (Å²) in [6.45, 7) is 4.54. The van der Waals surface area contributed by atoms with Gasteiger partial charge in [0.05, 0.1) is 5.25 Å². The van der Waals surface area contributed by atoms with Gasteiger partial charge in [-0.25, -0.2) is 8.42 Å². The Morgan fingerprint density at radius 3 is 2.28 bits per heavy atom. The highest BCUT2D eigenvalue weighted by atomic mass is 127. The standard InChI is InChI=1S/C13H20INO2S/c1-4-15-13(10(2)18(3,16)17)9-11-5-7-12(14)8-6-11/h5-8,10,13,15H,4,9H2,1-3H3. The monoisotopic (exact) mass is 381 g/mol. The fourth-order valence-corrected chi connectivity index (χ4v) is 2.99. The van der Waals surface area contributed by atoms with E-state index in [2.05, 4.69) is 40.0 Å². The third-order valence-corrected chi connectivity index (χ3v) is 5.48. The van der Waals surface area contributed by atoms with Crippen LogP contribution < -0.4 is 5.32 Å². The molecule has 0 amide bonds. The minimum Gasteiger partial charge on any atom is -0.313 e. The maximum Gasteiger partial charge on any atom is 0.151 e. The molecule has 0 bridgehead atoms. The van der Waals surface area contributed by atoms with E-state index in [1.54, 1.807) is 6.92 Å². The molecule has 0 aromatic heterocycles. The molecule has 0 saturated heterocycles. The highest BCUT2D eigenvalue weighted by molar-refractivity contribution is 14.1. The summed E-state index contributed by atoms with van der Waals surface area (Å²) in [6.07, 6.45) is 2.04. The molecule has 1 aromatic carbocycles. The number of halogens is 1. The summed E-state index contributed by atoms with van der Waals surface area (Å²) >= 11 is 2.26. The number of benzene rings is 1. The molecule has 3 nitrogen and oxygen atoms in total. The Morgan fingerprint density at radius 2 is 1.83 bits per heavy atom. The van der Waals surface area contributed by atoms with Gasteiger partial charge in [0.1, 0.15) is 0 Å². The van der Waals surface area contributed by atoms with Crippen molar-refractivity contribution in [3.8, 4) is 0 Å². The van der Waals surface area contributed by atoms with E-state index in [0.29, 0.717) is 0 Å². The van der Waals surface area contributed by atoms with Crippen molar-refractivity contribution in [3.05, 3.63) is 33.4 Å². The maximum absolute atomic E-state index is 11.7. The van der Waals surface area contributed by atoms with Crippen molar-refractivity contribution in [2.45, 2.75) is 31.6 Å². The smallest absolute Gasteiger partial charge is 0.151 e. The maximum atomic E-state index is 11.7. The van der Waals surface area contributed by atoms with Crippen LogP contribution in [0.5, 0.6) is 0 Å². The number of sulfone groups is 1. The van der Waals surface area contributed by atoms with E-state index in [9.17, 15) is 8.42 Å². The first-order valence-corrected chi connectivity index (χ1v) is 9.04. The molecule has 2 unspecified atom stereocenters. The molecule has 2 atom stereocenters. The first-order valence-electron chi connectivity index (χ1n) is 6.01. The lowest BCUT2D eigenvalue weighted by Gasteiger charge is -2.23. The van der Waals surface area contributed by atoms with E-state index in [1.165, 1.54) is 9.83 Å². The Morgan fingerprint density at radius 1 is 1.28 bits per heavy atom. The normalized spacial score (nSPS) is 15.3. The molecule has 0 fully saturated rings. The van der Waals surface area contributed by atoms with Gasteiger partial charge in [-0.1, -0.05) is 19.1 Å². The van der Waals surface area contributed by atoms with Crippen molar-refractivity contribution in [1.29, 1.82) is 0 Å². The molecule has 5 heteroatoms. The van der Waals surface area contributed by atoms with Crippen LogP contribution in [0.25, 0.3) is 0 Å². The van der Waals surface area contributed by atoms with Gasteiger partial charge in [0.25, 0.3) is 0 Å². The van der Waals surface area contributed by atoms with Crippen molar-refractivity contribution in [1.82, 2.24) is 5.32 Å². The van der Waals surface area contributed by atoms with Crippen molar-refractivity contribution in [3.63, 3.8) is 0 Å². The number of likely N-dealkylation sites (N-methyl/N-ethyl adjacent to an activating group) is 1. The predicted molar refractivity (Wildman–Crippen MR) is 84.6 cm³/mol. The van der Waals surface area contributed by atoms with Crippen molar-refractivity contribution >= 4 is 32.4 Å². The Balaban J connectivity index is 2.83. The molecule has 0 radical (unpaired) electrons. The highest BCUT2D eigenvalue weighted by Gasteiger charge is 2.25. The molecule has 102 valence electrons. The number of nitrogens with one attached hydrogen (secondary N) is 1. The summed E-state index contributed by atoms with van der Waals surface area (Å²) in [4.78, 5) is 0. The number of hydrogen-bond donors (Lipinski definition) is 1. The average molecular weight is 381 g/mol. The Bertz CT molecular complexity index is 470. The summed E-state index contributed by atoms with van der Waals surface area (Å²) in [5.41, 5.74) is 1.16. The Labute approximate surface area is 123 Å². The van der Waals surface area contributed by atoms with Gasteiger partial charge in [-0.2, -0.15) is 0 Å². The number of hydrogen-bond acceptors (Lipinski definition) is 3. The van der Waals surface area contributed by atoms with Gasteiger partial charge in [-0.05, 0) is 60.2 Å². The SMILES string of the molecule is CCNC(Cc1ccc(I)cc1)C(C)S(C)(=O)=O. The average Bonchev–Trinajstić information content (AvgIpc) is 2.29. The molecule has 1 aromatic rings. The number of rotatable bonds is 6. The van der Waals surface area contributed by atoms with E-state index >= 15 is 0 Å². The van der Waals surface area contributed by atoms with Crippen LogP contribution in [0.3, 0.4) is 0 Å². The molecule has 0 aliphatic heterocycles. The topological polar surface area (TPSA) is 46.2 Å². The molecule has 1 N–H and O–H groups in total. The van der Waals surface area contributed by atoms with Crippen molar-refractivity contribution < 1.29 is 8.42 Å². The molecule has 0 spiro atoms. The summed E-state index contributed by atoms with van der Waals surface area (Å²) < 4.78 is 24.5. The van der Waals surface area contributed by atoms with E-state index in [0.717, 1.165) is 18.5 Å². The zero-order valence-corrected chi connectivity index (χ0v) is 14.0. The zero-order chi connectivity index (χ0) is 13.8. The van der Waals surface area contributed by atoms with Crippen LogP contribution in [0.2, 0.25) is 0 Å². The molecule has 0 aliphatic rings. The third kappa shape index (κ3) is 4.85. The van der Waals surface area contributed by atoms with E-state index in [-0.39, 0.29) is 11.3 Å². The summed E-state index contributed by atoms with van der Waals surface area (Å²) in [7, 11) is -3.02. The highest BCUT2D eigenvalue weighted by Crippen LogP contribution is 2.13. The van der Waals surface area contributed by atoms with Gasteiger partial charge in [-0.15, -0.1) is 0 Å². The second kappa shape index (κ2) is 6.86. The summed E-state index contributed by atoms with van der Waals surface area (Å²) in [6, 6.07) is 8.17. The van der Waals surface area contributed by atoms with Crippen molar-refractivity contribution in [2.24, 2.45) is 0 Å². The first kappa shape index (κ1) is 15.9. The fourth-order valence-electron chi connectivity index (χ4n) is 1.84. The van der Waals surface area contributed by atoms with Gasteiger partial charge in [-0.3, -0.25) is 0 Å². The second-order valence-corrected chi connectivity index (χ2v) is 8.18.